The first-order chi connectivity index (χ1) is 14.2. The fourth-order valence-electron chi connectivity index (χ4n) is 3.59. The van der Waals surface area contributed by atoms with Crippen LogP contribution < -0.4 is 10.2 Å². The summed E-state index contributed by atoms with van der Waals surface area (Å²) in [6.07, 6.45) is 6.51. The van der Waals surface area contributed by atoms with E-state index in [1.807, 2.05) is 6.07 Å². The average molecular weight is 410 g/mol. The van der Waals surface area contributed by atoms with Gasteiger partial charge in [0, 0.05) is 30.9 Å². The summed E-state index contributed by atoms with van der Waals surface area (Å²) in [7, 11) is 0. The Morgan fingerprint density at radius 3 is 2.52 bits per heavy atom. The Morgan fingerprint density at radius 1 is 1.03 bits per heavy atom. The molecule has 1 aromatic carbocycles. The molecule has 0 atom stereocenters. The summed E-state index contributed by atoms with van der Waals surface area (Å²) in [5.41, 5.74) is 2.63. The van der Waals surface area contributed by atoms with Crippen LogP contribution in [0.15, 0.2) is 36.5 Å². The van der Waals surface area contributed by atoms with Crippen molar-refractivity contribution < 1.29 is 4.39 Å². The lowest BCUT2D eigenvalue weighted by Gasteiger charge is -2.29. The van der Waals surface area contributed by atoms with E-state index in [0.717, 1.165) is 46.0 Å². The highest BCUT2D eigenvalue weighted by atomic mass is 32.1. The number of aromatic nitrogens is 3. The second kappa shape index (κ2) is 7.71. The van der Waals surface area contributed by atoms with Crippen molar-refractivity contribution in [1.29, 1.82) is 0 Å². The average Bonchev–Trinajstić information content (AvgIpc) is 3.44. The van der Waals surface area contributed by atoms with Gasteiger partial charge >= 0.3 is 0 Å². The van der Waals surface area contributed by atoms with Crippen molar-refractivity contribution in [3.8, 4) is 21.8 Å². The van der Waals surface area contributed by atoms with Crippen LogP contribution in [-0.2, 0) is 0 Å². The quantitative estimate of drug-likeness (QED) is 0.626. The minimum atomic E-state index is -0.242. The molecule has 2 aromatic heterocycles. The number of thiazole rings is 1. The zero-order valence-corrected chi connectivity index (χ0v) is 17.3. The molecule has 5 rings (SSSR count). The summed E-state index contributed by atoms with van der Waals surface area (Å²) >= 11 is 1.67. The van der Waals surface area contributed by atoms with Gasteiger partial charge in [-0.3, -0.25) is 0 Å². The zero-order valence-electron chi connectivity index (χ0n) is 16.4. The normalized spacial score (nSPS) is 17.5. The maximum Gasteiger partial charge on any atom is 0.223 e. The number of benzene rings is 1. The second-order valence-corrected chi connectivity index (χ2v) is 9.01. The molecular formula is C22H24FN5S. The van der Waals surface area contributed by atoms with Gasteiger partial charge in [-0.2, -0.15) is 0 Å². The third-order valence-corrected chi connectivity index (χ3v) is 6.73. The Morgan fingerprint density at radius 2 is 1.79 bits per heavy atom. The van der Waals surface area contributed by atoms with Gasteiger partial charge in [-0.05, 0) is 61.9 Å². The van der Waals surface area contributed by atoms with Crippen LogP contribution in [0.1, 0.15) is 32.6 Å². The number of rotatable bonds is 5. The van der Waals surface area contributed by atoms with Crippen LogP contribution >= 0.6 is 11.3 Å². The summed E-state index contributed by atoms with van der Waals surface area (Å²) in [6, 6.07) is 8.98. The Labute approximate surface area is 174 Å². The molecule has 1 aliphatic carbocycles. The number of nitrogens with one attached hydrogen (secondary N) is 1. The second-order valence-electron chi connectivity index (χ2n) is 8.03. The molecule has 7 heteroatoms. The highest BCUT2D eigenvalue weighted by Gasteiger charge is 2.24. The Balaban J connectivity index is 1.54. The molecule has 150 valence electrons. The lowest BCUT2D eigenvalue weighted by Crippen LogP contribution is -2.32. The van der Waals surface area contributed by atoms with Crippen molar-refractivity contribution in [2.24, 2.45) is 5.92 Å². The molecule has 0 bridgehead atoms. The van der Waals surface area contributed by atoms with Crippen LogP contribution in [0.25, 0.3) is 21.8 Å². The Bertz CT molecular complexity index is 991. The van der Waals surface area contributed by atoms with Crippen LogP contribution in [0.4, 0.5) is 15.5 Å². The predicted octanol–water partition coefficient (Wildman–Crippen LogP) is 5.22. The summed E-state index contributed by atoms with van der Waals surface area (Å²) in [5, 5.41) is 4.39. The van der Waals surface area contributed by atoms with Crippen molar-refractivity contribution in [1.82, 2.24) is 15.0 Å². The molecular weight excluding hydrogens is 385 g/mol. The molecule has 1 aliphatic heterocycles. The minimum absolute atomic E-state index is 0.242. The van der Waals surface area contributed by atoms with Gasteiger partial charge in [-0.25, -0.2) is 19.3 Å². The number of halogens is 1. The molecule has 29 heavy (non-hydrogen) atoms. The van der Waals surface area contributed by atoms with E-state index < -0.39 is 0 Å². The largest absolute Gasteiger partial charge is 0.351 e. The van der Waals surface area contributed by atoms with E-state index >= 15 is 0 Å². The van der Waals surface area contributed by atoms with Gasteiger partial charge in [0.1, 0.15) is 5.82 Å². The maximum absolute atomic E-state index is 13.5. The van der Waals surface area contributed by atoms with E-state index in [4.69, 9.17) is 9.97 Å². The first-order valence-electron chi connectivity index (χ1n) is 10.3. The molecule has 1 N–H and O–H groups in total. The van der Waals surface area contributed by atoms with Gasteiger partial charge in [0.2, 0.25) is 5.95 Å². The summed E-state index contributed by atoms with van der Waals surface area (Å²) in [6.45, 7) is 4.36. The molecule has 5 nitrogen and oxygen atoms in total. The lowest BCUT2D eigenvalue weighted by molar-refractivity contribution is 0.438. The number of anilines is 2. The molecule has 0 unspecified atom stereocenters. The molecule has 1 saturated heterocycles. The fourth-order valence-corrected chi connectivity index (χ4v) is 4.70. The van der Waals surface area contributed by atoms with Gasteiger partial charge in [0.15, 0.2) is 5.13 Å². The Kier molecular flexibility index (Phi) is 4.91. The first kappa shape index (κ1) is 18.5. The Hall–Kier alpha value is -2.54. The van der Waals surface area contributed by atoms with E-state index in [2.05, 4.69) is 22.1 Å². The number of hydrogen-bond donors (Lipinski definition) is 1. The van der Waals surface area contributed by atoms with Crippen LogP contribution in [0.5, 0.6) is 0 Å². The number of hydrogen-bond acceptors (Lipinski definition) is 6. The van der Waals surface area contributed by atoms with E-state index in [0.29, 0.717) is 12.0 Å². The zero-order chi connectivity index (χ0) is 19.8. The van der Waals surface area contributed by atoms with Crippen molar-refractivity contribution in [2.45, 2.75) is 38.6 Å². The van der Waals surface area contributed by atoms with Gasteiger partial charge in [-0.15, -0.1) is 0 Å². The molecule has 0 radical (unpaired) electrons. The first-order valence-corrected chi connectivity index (χ1v) is 11.1. The maximum atomic E-state index is 13.5. The smallest absolute Gasteiger partial charge is 0.223 e. The monoisotopic (exact) mass is 409 g/mol. The van der Waals surface area contributed by atoms with E-state index in [9.17, 15) is 4.39 Å². The van der Waals surface area contributed by atoms with E-state index in [-0.39, 0.29) is 5.82 Å². The molecule has 0 spiro atoms. The van der Waals surface area contributed by atoms with Gasteiger partial charge < -0.3 is 10.2 Å². The standard InChI is InChI=1S/C22H24FN5S/c1-14-9-12-28(13-10-14)22-27-19(15-2-4-16(23)5-3-15)20(29-22)18-8-11-24-21(26-18)25-17-6-7-17/h2-5,8,11,14,17H,6-7,9-10,12-13H2,1H3,(H,24,25,26). The van der Waals surface area contributed by atoms with Crippen LogP contribution in [-0.4, -0.2) is 34.1 Å². The van der Waals surface area contributed by atoms with Crippen molar-refractivity contribution in [3.63, 3.8) is 0 Å². The van der Waals surface area contributed by atoms with Gasteiger partial charge in [0.05, 0.1) is 16.3 Å². The molecule has 1 saturated carbocycles. The third-order valence-electron chi connectivity index (χ3n) is 5.59. The number of nitrogens with zero attached hydrogens (tertiary/aromatic N) is 4. The molecule has 2 fully saturated rings. The summed E-state index contributed by atoms with van der Waals surface area (Å²) in [4.78, 5) is 17.5. The van der Waals surface area contributed by atoms with Crippen molar-refractivity contribution in [2.75, 3.05) is 23.3 Å². The third kappa shape index (κ3) is 4.10. The molecule has 0 amide bonds. The van der Waals surface area contributed by atoms with Crippen LogP contribution in [0, 0.1) is 11.7 Å². The molecule has 2 aliphatic rings. The SMILES string of the molecule is CC1CCN(c2nc(-c3ccc(F)cc3)c(-c3ccnc(NC4CC4)n3)s2)CC1. The van der Waals surface area contributed by atoms with Gasteiger partial charge in [0.25, 0.3) is 0 Å². The topological polar surface area (TPSA) is 53.9 Å². The fraction of sp³-hybridized carbons (Fsp3) is 0.409. The summed E-state index contributed by atoms with van der Waals surface area (Å²) < 4.78 is 13.5. The van der Waals surface area contributed by atoms with Crippen LogP contribution in [0.3, 0.4) is 0 Å². The highest BCUT2D eigenvalue weighted by Crippen LogP contribution is 2.40. The van der Waals surface area contributed by atoms with Crippen molar-refractivity contribution in [3.05, 3.63) is 42.3 Å². The highest BCUT2D eigenvalue weighted by molar-refractivity contribution is 7.19. The number of piperidine rings is 1. The predicted molar refractivity (Wildman–Crippen MR) is 116 cm³/mol. The van der Waals surface area contributed by atoms with E-state index in [1.165, 1.54) is 37.8 Å². The molecule has 3 heterocycles. The minimum Gasteiger partial charge on any atom is -0.351 e. The van der Waals surface area contributed by atoms with Crippen molar-refractivity contribution >= 4 is 22.4 Å². The van der Waals surface area contributed by atoms with Gasteiger partial charge in [-0.1, -0.05) is 18.3 Å². The summed E-state index contributed by atoms with van der Waals surface area (Å²) in [5.74, 6) is 1.19. The molecule has 3 aromatic rings. The van der Waals surface area contributed by atoms with E-state index in [1.54, 1.807) is 29.7 Å². The van der Waals surface area contributed by atoms with Crippen LogP contribution in [0.2, 0.25) is 0 Å². The lowest BCUT2D eigenvalue weighted by atomic mass is 10.00.